The monoisotopic (exact) mass is 421 g/mol. The minimum Gasteiger partial charge on any atom is -0.337 e. The van der Waals surface area contributed by atoms with Gasteiger partial charge in [-0.1, -0.05) is 12.1 Å². The number of halogens is 2. The fourth-order valence-electron chi connectivity index (χ4n) is 3.26. The van der Waals surface area contributed by atoms with Crippen molar-refractivity contribution in [1.82, 2.24) is 29.7 Å². The second-order valence-corrected chi connectivity index (χ2v) is 6.65. The van der Waals surface area contributed by atoms with Crippen LogP contribution < -0.4 is 10.9 Å². The summed E-state index contributed by atoms with van der Waals surface area (Å²) in [5, 5.41) is 7.33. The number of hydrogen-bond donors (Lipinski definition) is 3. The number of nitrogens with zero attached hydrogens (tertiary/aromatic N) is 4. The Morgan fingerprint density at radius 3 is 2.84 bits per heavy atom. The lowest BCUT2D eigenvalue weighted by Crippen LogP contribution is -2.14. The molecule has 0 saturated carbocycles. The Hall–Kier alpha value is -4.41. The Balaban J connectivity index is 1.51. The Kier molecular flexibility index (Phi) is 4.28. The Morgan fingerprint density at radius 1 is 1.16 bits per heavy atom. The van der Waals surface area contributed by atoms with Crippen LogP contribution in [0, 0.1) is 0 Å². The first kappa shape index (κ1) is 18.6. The van der Waals surface area contributed by atoms with Gasteiger partial charge in [-0.2, -0.15) is 5.10 Å². The molecule has 0 atom stereocenters. The predicted octanol–water partition coefficient (Wildman–Crippen LogP) is 3.18. The molecular formula is C20H13F2N7O2. The zero-order valence-electron chi connectivity index (χ0n) is 15.6. The number of aromatic nitrogens is 6. The highest BCUT2D eigenvalue weighted by Gasteiger charge is 2.17. The number of carbonyl (C=O) groups excluding carboxylic acids is 1. The molecule has 9 nitrogen and oxygen atoms in total. The van der Waals surface area contributed by atoms with E-state index >= 15 is 0 Å². The Morgan fingerprint density at radius 2 is 2.00 bits per heavy atom. The lowest BCUT2D eigenvalue weighted by Gasteiger charge is -2.11. The van der Waals surface area contributed by atoms with Crippen LogP contribution in [0.15, 0.2) is 59.8 Å². The van der Waals surface area contributed by atoms with Gasteiger partial charge in [0.1, 0.15) is 5.39 Å². The smallest absolute Gasteiger partial charge is 0.295 e. The van der Waals surface area contributed by atoms with Crippen LogP contribution in [0.4, 0.5) is 14.5 Å². The van der Waals surface area contributed by atoms with E-state index in [1.54, 1.807) is 24.3 Å². The second-order valence-electron chi connectivity index (χ2n) is 6.65. The van der Waals surface area contributed by atoms with Crippen molar-refractivity contribution < 1.29 is 13.6 Å². The first-order valence-corrected chi connectivity index (χ1v) is 9.11. The Bertz CT molecular complexity index is 1500. The summed E-state index contributed by atoms with van der Waals surface area (Å²) in [7, 11) is 0. The molecule has 31 heavy (non-hydrogen) atoms. The summed E-state index contributed by atoms with van der Waals surface area (Å²) in [4.78, 5) is 37.8. The number of aromatic amines is 2. The molecule has 0 aliphatic rings. The maximum absolute atomic E-state index is 12.9. The van der Waals surface area contributed by atoms with Crippen molar-refractivity contribution in [3.8, 4) is 5.69 Å². The number of carbonyl (C=O) groups is 1. The van der Waals surface area contributed by atoms with Gasteiger partial charge in [-0.15, -0.1) is 0 Å². The number of rotatable bonds is 4. The summed E-state index contributed by atoms with van der Waals surface area (Å²) >= 11 is 0. The second kappa shape index (κ2) is 7.13. The molecule has 3 aromatic heterocycles. The van der Waals surface area contributed by atoms with Crippen molar-refractivity contribution in [2.24, 2.45) is 0 Å². The van der Waals surface area contributed by atoms with Gasteiger partial charge in [-0.05, 0) is 30.3 Å². The van der Waals surface area contributed by atoms with Crippen LogP contribution >= 0.6 is 0 Å². The quantitative estimate of drug-likeness (QED) is 0.412. The predicted molar refractivity (Wildman–Crippen MR) is 108 cm³/mol. The van der Waals surface area contributed by atoms with Crippen LogP contribution in [-0.2, 0) is 0 Å². The number of amides is 1. The van der Waals surface area contributed by atoms with Crippen molar-refractivity contribution >= 4 is 33.7 Å². The van der Waals surface area contributed by atoms with E-state index < -0.39 is 18.2 Å². The molecule has 11 heteroatoms. The molecule has 0 bridgehead atoms. The van der Waals surface area contributed by atoms with E-state index in [1.165, 1.54) is 35.4 Å². The number of hydrogen-bond acceptors (Lipinski definition) is 5. The molecule has 0 spiro atoms. The van der Waals surface area contributed by atoms with Crippen molar-refractivity contribution in [3.05, 3.63) is 76.7 Å². The van der Waals surface area contributed by atoms with Crippen LogP contribution in [0.3, 0.4) is 0 Å². The zero-order valence-corrected chi connectivity index (χ0v) is 15.6. The van der Waals surface area contributed by atoms with Crippen molar-refractivity contribution in [3.63, 3.8) is 0 Å². The van der Waals surface area contributed by atoms with Gasteiger partial charge in [0.25, 0.3) is 17.9 Å². The highest BCUT2D eigenvalue weighted by molar-refractivity contribution is 6.07. The fourth-order valence-corrected chi connectivity index (χ4v) is 3.26. The lowest BCUT2D eigenvalue weighted by atomic mass is 10.1. The molecule has 0 aliphatic carbocycles. The number of anilines is 1. The van der Waals surface area contributed by atoms with Crippen molar-refractivity contribution in [2.45, 2.75) is 6.43 Å². The maximum Gasteiger partial charge on any atom is 0.295 e. The number of alkyl halides is 2. The number of nitrogens with one attached hydrogen (secondary N) is 3. The standard InChI is InChI=1S/C20H13F2N7O2/c21-16(22)17-26-12-6-5-10(7-14(12)27-17)19(30)28-13-3-1-2-4-15(13)29-18-11(8-25-29)20(31)24-9-23-18/h1-9,16H,(H,26,27)(H,28,30)(H,23,24,31). The van der Waals surface area contributed by atoms with E-state index in [-0.39, 0.29) is 11.1 Å². The van der Waals surface area contributed by atoms with Gasteiger partial charge < -0.3 is 15.3 Å². The Labute approximate surface area is 171 Å². The third-order valence-electron chi connectivity index (χ3n) is 4.72. The van der Waals surface area contributed by atoms with E-state index in [2.05, 4.69) is 30.4 Å². The van der Waals surface area contributed by atoms with Gasteiger partial charge in [-0.25, -0.2) is 23.4 Å². The van der Waals surface area contributed by atoms with E-state index in [9.17, 15) is 18.4 Å². The molecule has 5 rings (SSSR count). The van der Waals surface area contributed by atoms with Crippen molar-refractivity contribution in [2.75, 3.05) is 5.32 Å². The third kappa shape index (κ3) is 3.21. The fraction of sp³-hybridized carbons (Fsp3) is 0.0500. The van der Waals surface area contributed by atoms with Gasteiger partial charge in [0.05, 0.1) is 34.9 Å². The molecule has 3 N–H and O–H groups in total. The molecular weight excluding hydrogens is 408 g/mol. The molecule has 0 unspecified atom stereocenters. The topological polar surface area (TPSA) is 121 Å². The SMILES string of the molecule is O=C(Nc1ccccc1-n1ncc2c(=O)[nH]cnc21)c1ccc2nc(C(F)F)[nH]c2c1. The van der Waals surface area contributed by atoms with E-state index in [4.69, 9.17) is 0 Å². The van der Waals surface area contributed by atoms with E-state index in [1.807, 2.05) is 0 Å². The first-order chi connectivity index (χ1) is 15.0. The van der Waals surface area contributed by atoms with Crippen LogP contribution in [0.5, 0.6) is 0 Å². The maximum atomic E-state index is 12.9. The molecule has 0 aliphatic heterocycles. The summed E-state index contributed by atoms with van der Waals surface area (Å²) in [6, 6.07) is 11.3. The number of benzene rings is 2. The number of fused-ring (bicyclic) bond motifs is 2. The molecule has 1 amide bonds. The third-order valence-corrected chi connectivity index (χ3v) is 4.72. The molecule has 154 valence electrons. The average molecular weight is 421 g/mol. The lowest BCUT2D eigenvalue weighted by molar-refractivity contribution is 0.102. The zero-order chi connectivity index (χ0) is 21.5. The molecule has 5 aromatic rings. The largest absolute Gasteiger partial charge is 0.337 e. The normalized spacial score (nSPS) is 11.5. The summed E-state index contributed by atoms with van der Waals surface area (Å²) in [6.07, 6.45) is -0.0644. The molecule has 3 heterocycles. The van der Waals surface area contributed by atoms with Crippen LogP contribution in [0.1, 0.15) is 22.6 Å². The number of para-hydroxylation sites is 2. The summed E-state index contributed by atoms with van der Waals surface area (Å²) in [6.45, 7) is 0. The summed E-state index contributed by atoms with van der Waals surface area (Å²) < 4.78 is 27.2. The molecule has 0 radical (unpaired) electrons. The number of H-pyrrole nitrogens is 2. The van der Waals surface area contributed by atoms with Gasteiger partial charge in [0.2, 0.25) is 0 Å². The minimum absolute atomic E-state index is 0.256. The molecule has 0 saturated heterocycles. The summed E-state index contributed by atoms with van der Waals surface area (Å²) in [5.74, 6) is -0.907. The minimum atomic E-state index is -2.73. The average Bonchev–Trinajstić information content (AvgIpc) is 3.39. The highest BCUT2D eigenvalue weighted by Crippen LogP contribution is 2.24. The first-order valence-electron chi connectivity index (χ1n) is 9.11. The highest BCUT2D eigenvalue weighted by atomic mass is 19.3. The van der Waals surface area contributed by atoms with Crippen LogP contribution in [0.25, 0.3) is 27.8 Å². The van der Waals surface area contributed by atoms with E-state index in [0.29, 0.717) is 33.4 Å². The van der Waals surface area contributed by atoms with Gasteiger partial charge >= 0.3 is 0 Å². The van der Waals surface area contributed by atoms with Crippen LogP contribution in [0.2, 0.25) is 0 Å². The molecule has 2 aromatic carbocycles. The van der Waals surface area contributed by atoms with Crippen LogP contribution in [-0.4, -0.2) is 35.6 Å². The van der Waals surface area contributed by atoms with Crippen molar-refractivity contribution in [1.29, 1.82) is 0 Å². The van der Waals surface area contributed by atoms with Gasteiger partial charge in [-0.3, -0.25) is 9.59 Å². The van der Waals surface area contributed by atoms with E-state index in [0.717, 1.165) is 0 Å². The number of imidazole rings is 1. The van der Waals surface area contributed by atoms with Gasteiger partial charge in [0, 0.05) is 5.56 Å². The summed E-state index contributed by atoms with van der Waals surface area (Å²) in [5.41, 5.74) is 1.87. The molecule has 0 fully saturated rings. The van der Waals surface area contributed by atoms with Gasteiger partial charge in [0.15, 0.2) is 11.5 Å².